The lowest BCUT2D eigenvalue weighted by Crippen LogP contribution is -2.38. The van der Waals surface area contributed by atoms with Crippen LogP contribution in [0.5, 0.6) is 0 Å². The zero-order valence-corrected chi connectivity index (χ0v) is 16.2. The highest BCUT2D eigenvalue weighted by Crippen LogP contribution is 2.30. The summed E-state index contributed by atoms with van der Waals surface area (Å²) in [6, 6.07) is 7.85. The van der Waals surface area contributed by atoms with Crippen LogP contribution in [0, 0.1) is 12.8 Å². The third kappa shape index (κ3) is 5.20. The van der Waals surface area contributed by atoms with Crippen molar-refractivity contribution in [3.8, 4) is 0 Å². The summed E-state index contributed by atoms with van der Waals surface area (Å²) in [4.78, 5) is 19.9. The molecule has 3 rings (SSSR count). The Bertz CT molecular complexity index is 697. The molecule has 7 heteroatoms. The van der Waals surface area contributed by atoms with Gasteiger partial charge in [-0.3, -0.25) is 0 Å². The lowest BCUT2D eigenvalue weighted by Gasteiger charge is -2.24. The number of benzene rings is 1. The van der Waals surface area contributed by atoms with Crippen LogP contribution in [0.25, 0.3) is 0 Å². The van der Waals surface area contributed by atoms with E-state index in [4.69, 9.17) is 4.74 Å². The minimum Gasteiger partial charge on any atom is -0.381 e. The Kier molecular flexibility index (Phi) is 6.34. The number of ether oxygens (including phenoxy) is 1. The van der Waals surface area contributed by atoms with Gasteiger partial charge in [0, 0.05) is 47.3 Å². The summed E-state index contributed by atoms with van der Waals surface area (Å²) in [6.07, 6.45) is 1.03. The molecular weight excluding hydrogens is 354 g/mol. The van der Waals surface area contributed by atoms with Gasteiger partial charge < -0.3 is 15.0 Å². The molecule has 1 aromatic carbocycles. The number of hydrogen-bond donors (Lipinski definition) is 1. The van der Waals surface area contributed by atoms with E-state index in [0.29, 0.717) is 12.5 Å². The van der Waals surface area contributed by atoms with Gasteiger partial charge in [-0.25, -0.2) is 9.78 Å². The van der Waals surface area contributed by atoms with Crippen LogP contribution >= 0.6 is 23.1 Å². The average molecular weight is 378 g/mol. The normalized spacial score (nSPS) is 16.8. The van der Waals surface area contributed by atoms with Crippen LogP contribution in [0.15, 0.2) is 38.9 Å². The van der Waals surface area contributed by atoms with E-state index in [1.807, 2.05) is 48.4 Å². The molecule has 25 heavy (non-hydrogen) atoms. The second-order valence-corrected chi connectivity index (χ2v) is 8.26. The van der Waals surface area contributed by atoms with Gasteiger partial charge in [0.25, 0.3) is 0 Å². The monoisotopic (exact) mass is 377 g/mol. The molecule has 0 radical (unpaired) electrons. The maximum atomic E-state index is 12.5. The molecule has 2 aromatic rings. The second kappa shape index (κ2) is 8.69. The van der Waals surface area contributed by atoms with Crippen LogP contribution in [0.3, 0.4) is 0 Å². The third-order valence-corrected chi connectivity index (χ3v) is 6.14. The number of aromatic nitrogens is 1. The highest BCUT2D eigenvalue weighted by Gasteiger charge is 2.21. The van der Waals surface area contributed by atoms with Crippen LogP contribution in [-0.4, -0.2) is 42.2 Å². The number of urea groups is 1. The number of nitrogens with zero attached hydrogens (tertiary/aromatic N) is 2. The Labute approximate surface area is 156 Å². The smallest absolute Gasteiger partial charge is 0.321 e. The number of carbonyl (C=O) groups is 1. The number of hydrogen-bond acceptors (Lipinski definition) is 5. The van der Waals surface area contributed by atoms with Crippen LogP contribution in [-0.2, 0) is 4.74 Å². The number of rotatable bonds is 6. The predicted octanol–water partition coefficient (Wildman–Crippen LogP) is 4.49. The minimum absolute atomic E-state index is 0.0506. The van der Waals surface area contributed by atoms with Crippen molar-refractivity contribution in [2.75, 3.05) is 31.6 Å². The fourth-order valence-corrected chi connectivity index (χ4v) is 4.49. The molecule has 1 aromatic heterocycles. The van der Waals surface area contributed by atoms with Crippen molar-refractivity contribution in [1.82, 2.24) is 9.88 Å². The van der Waals surface area contributed by atoms with Gasteiger partial charge in [-0.15, -0.1) is 11.3 Å². The van der Waals surface area contributed by atoms with Gasteiger partial charge in [-0.05, 0) is 44.5 Å². The number of nitrogens with one attached hydrogen (secondary N) is 1. The molecule has 2 amide bonds. The van der Waals surface area contributed by atoms with Gasteiger partial charge in [0.2, 0.25) is 0 Å². The van der Waals surface area contributed by atoms with Crippen LogP contribution in [0.4, 0.5) is 10.5 Å². The summed E-state index contributed by atoms with van der Waals surface area (Å²) in [6.45, 7) is 7.01. The summed E-state index contributed by atoms with van der Waals surface area (Å²) < 4.78 is 6.43. The SMILES string of the molecule is CCN(CC1CCOC1)C(=O)Nc1ccc(Sc2nc(C)cs2)cc1. The molecule has 1 N–H and O–H groups in total. The Morgan fingerprint density at radius 1 is 1.44 bits per heavy atom. The average Bonchev–Trinajstić information content (AvgIpc) is 3.26. The predicted molar refractivity (Wildman–Crippen MR) is 103 cm³/mol. The standard InChI is InChI=1S/C18H23N3O2S2/c1-3-21(10-14-8-9-23-11-14)17(22)20-15-4-6-16(7-5-15)25-18-19-13(2)12-24-18/h4-7,12,14H,3,8-11H2,1-2H3,(H,20,22). The zero-order valence-electron chi connectivity index (χ0n) is 14.5. The first kappa shape index (κ1) is 18.2. The highest BCUT2D eigenvalue weighted by molar-refractivity contribution is 8.01. The number of carbonyl (C=O) groups excluding carboxylic acids is 1. The van der Waals surface area contributed by atoms with Crippen molar-refractivity contribution in [3.05, 3.63) is 35.3 Å². The molecule has 134 valence electrons. The Morgan fingerprint density at radius 2 is 2.24 bits per heavy atom. The fourth-order valence-electron chi connectivity index (χ4n) is 2.68. The van der Waals surface area contributed by atoms with Crippen molar-refractivity contribution in [1.29, 1.82) is 0 Å². The fraction of sp³-hybridized carbons (Fsp3) is 0.444. The first-order chi connectivity index (χ1) is 12.1. The second-order valence-electron chi connectivity index (χ2n) is 6.08. The van der Waals surface area contributed by atoms with Crippen LogP contribution in [0.2, 0.25) is 0 Å². The molecule has 0 saturated carbocycles. The minimum atomic E-state index is -0.0506. The quantitative estimate of drug-likeness (QED) is 0.806. The Morgan fingerprint density at radius 3 is 2.84 bits per heavy atom. The van der Waals surface area contributed by atoms with E-state index < -0.39 is 0 Å². The summed E-state index contributed by atoms with van der Waals surface area (Å²) in [5, 5.41) is 5.03. The molecule has 1 aliphatic heterocycles. The summed E-state index contributed by atoms with van der Waals surface area (Å²) in [5.74, 6) is 0.450. The van der Waals surface area contributed by atoms with E-state index >= 15 is 0 Å². The molecule has 1 atom stereocenters. The first-order valence-corrected chi connectivity index (χ1v) is 10.2. The van der Waals surface area contributed by atoms with E-state index in [1.165, 1.54) is 0 Å². The lowest BCUT2D eigenvalue weighted by molar-refractivity contribution is 0.171. The third-order valence-electron chi connectivity index (χ3n) is 4.08. The van der Waals surface area contributed by atoms with E-state index in [-0.39, 0.29) is 6.03 Å². The maximum Gasteiger partial charge on any atom is 0.321 e. The number of aryl methyl sites for hydroxylation is 1. The molecule has 0 bridgehead atoms. The van der Waals surface area contributed by atoms with Gasteiger partial charge in [0.15, 0.2) is 4.34 Å². The molecule has 1 unspecified atom stereocenters. The summed E-state index contributed by atoms with van der Waals surface area (Å²) in [7, 11) is 0. The first-order valence-electron chi connectivity index (χ1n) is 8.47. The molecular formula is C18H23N3O2S2. The zero-order chi connectivity index (χ0) is 17.6. The summed E-state index contributed by atoms with van der Waals surface area (Å²) in [5.41, 5.74) is 1.86. The van der Waals surface area contributed by atoms with Crippen LogP contribution < -0.4 is 5.32 Å². The van der Waals surface area contributed by atoms with Crippen LogP contribution in [0.1, 0.15) is 19.0 Å². The molecule has 0 spiro atoms. The van der Waals surface area contributed by atoms with E-state index in [9.17, 15) is 4.79 Å². The summed E-state index contributed by atoms with van der Waals surface area (Å²) >= 11 is 3.28. The van der Waals surface area contributed by atoms with Crippen molar-refractivity contribution in [2.45, 2.75) is 29.5 Å². The topological polar surface area (TPSA) is 54.5 Å². The Balaban J connectivity index is 1.55. The van der Waals surface area contributed by atoms with Gasteiger partial charge in [-0.1, -0.05) is 11.8 Å². The van der Waals surface area contributed by atoms with Crippen molar-refractivity contribution in [3.63, 3.8) is 0 Å². The molecule has 1 fully saturated rings. The van der Waals surface area contributed by atoms with Gasteiger partial charge >= 0.3 is 6.03 Å². The molecule has 1 saturated heterocycles. The van der Waals surface area contributed by atoms with Crippen molar-refractivity contribution >= 4 is 34.8 Å². The lowest BCUT2D eigenvalue weighted by atomic mass is 10.1. The molecule has 0 aliphatic carbocycles. The van der Waals surface area contributed by atoms with E-state index in [1.54, 1.807) is 23.1 Å². The largest absolute Gasteiger partial charge is 0.381 e. The Hall–Kier alpha value is -1.57. The molecule has 2 heterocycles. The molecule has 5 nitrogen and oxygen atoms in total. The van der Waals surface area contributed by atoms with Gasteiger partial charge in [-0.2, -0.15) is 0 Å². The molecule has 1 aliphatic rings. The van der Waals surface area contributed by atoms with E-state index in [2.05, 4.69) is 10.3 Å². The van der Waals surface area contributed by atoms with Gasteiger partial charge in [0.05, 0.1) is 6.61 Å². The highest BCUT2D eigenvalue weighted by atomic mass is 32.2. The number of amides is 2. The maximum absolute atomic E-state index is 12.5. The van der Waals surface area contributed by atoms with Crippen molar-refractivity contribution < 1.29 is 9.53 Å². The van der Waals surface area contributed by atoms with Crippen molar-refractivity contribution in [2.24, 2.45) is 5.92 Å². The number of anilines is 1. The van der Waals surface area contributed by atoms with Gasteiger partial charge in [0.1, 0.15) is 0 Å². The van der Waals surface area contributed by atoms with E-state index in [0.717, 1.165) is 46.8 Å². The number of thiazole rings is 1.